The molecule has 2 fully saturated rings. The number of thiazole rings is 1. The summed E-state index contributed by atoms with van der Waals surface area (Å²) in [5.41, 5.74) is 0.960. The highest BCUT2D eigenvalue weighted by molar-refractivity contribution is 8.01. The quantitative estimate of drug-likeness (QED) is 0.722. The summed E-state index contributed by atoms with van der Waals surface area (Å²) < 4.78 is 28.0. The summed E-state index contributed by atoms with van der Waals surface area (Å²) in [5, 5.41) is -0.177. The Bertz CT molecular complexity index is 851. The number of hydrogen-bond donors (Lipinski definition) is 0. The first-order valence-electron chi connectivity index (χ1n) is 8.29. The molecule has 4 rings (SSSR count). The Morgan fingerprint density at radius 1 is 1.20 bits per heavy atom. The van der Waals surface area contributed by atoms with E-state index in [2.05, 4.69) is 4.98 Å². The van der Waals surface area contributed by atoms with Gasteiger partial charge in [0.25, 0.3) is 0 Å². The van der Waals surface area contributed by atoms with Gasteiger partial charge in [-0.2, -0.15) is 4.31 Å². The van der Waals surface area contributed by atoms with Crippen molar-refractivity contribution in [2.75, 3.05) is 31.9 Å². The van der Waals surface area contributed by atoms with E-state index in [9.17, 15) is 13.2 Å². The number of para-hydroxylation sites is 1. The van der Waals surface area contributed by atoms with Gasteiger partial charge >= 0.3 is 0 Å². The molecule has 0 N–H and O–H groups in total. The van der Waals surface area contributed by atoms with Gasteiger partial charge in [-0.05, 0) is 25.0 Å². The molecule has 1 saturated carbocycles. The molecule has 25 heavy (non-hydrogen) atoms. The van der Waals surface area contributed by atoms with Crippen LogP contribution in [-0.2, 0) is 14.8 Å². The molecular formula is C16H19N3O3S3. The number of hydrogen-bond acceptors (Lipinski definition) is 6. The van der Waals surface area contributed by atoms with Crippen LogP contribution in [0, 0.1) is 0 Å². The maximum absolute atomic E-state index is 12.4. The first kappa shape index (κ1) is 17.3. The van der Waals surface area contributed by atoms with Gasteiger partial charge in [0.2, 0.25) is 15.9 Å². The lowest BCUT2D eigenvalue weighted by Crippen LogP contribution is -2.51. The minimum absolute atomic E-state index is 0.0488. The highest BCUT2D eigenvalue weighted by Gasteiger charge is 2.41. The molecule has 2 aliphatic rings. The number of piperazine rings is 1. The SMILES string of the molecule is O=C(CSc1nc2ccccc2s1)N1CCN(S(=O)(=O)C2CC2)CC1. The van der Waals surface area contributed by atoms with Gasteiger partial charge in [-0.3, -0.25) is 4.79 Å². The number of carbonyl (C=O) groups excluding carboxylic acids is 1. The van der Waals surface area contributed by atoms with E-state index in [-0.39, 0.29) is 11.2 Å². The van der Waals surface area contributed by atoms with Crippen LogP contribution in [0.3, 0.4) is 0 Å². The first-order chi connectivity index (χ1) is 12.0. The second kappa shape index (κ2) is 6.86. The summed E-state index contributed by atoms with van der Waals surface area (Å²) in [5.74, 6) is 0.391. The van der Waals surface area contributed by atoms with Crippen LogP contribution in [0.5, 0.6) is 0 Å². The molecule has 134 valence electrons. The third kappa shape index (κ3) is 3.69. The zero-order valence-corrected chi connectivity index (χ0v) is 16.1. The van der Waals surface area contributed by atoms with Crippen LogP contribution in [0.4, 0.5) is 0 Å². The zero-order valence-electron chi connectivity index (χ0n) is 13.6. The predicted octanol–water partition coefficient (Wildman–Crippen LogP) is 2.02. The Balaban J connectivity index is 1.30. The smallest absolute Gasteiger partial charge is 0.233 e. The van der Waals surface area contributed by atoms with Crippen molar-refractivity contribution in [1.82, 2.24) is 14.2 Å². The molecule has 1 amide bonds. The maximum Gasteiger partial charge on any atom is 0.233 e. The third-order valence-corrected chi connectivity index (χ3v) is 9.05. The van der Waals surface area contributed by atoms with E-state index in [0.29, 0.717) is 31.9 Å². The Morgan fingerprint density at radius 3 is 2.60 bits per heavy atom. The molecule has 0 unspecified atom stereocenters. The van der Waals surface area contributed by atoms with Crippen LogP contribution < -0.4 is 0 Å². The van der Waals surface area contributed by atoms with Gasteiger partial charge in [0, 0.05) is 26.2 Å². The topological polar surface area (TPSA) is 70.6 Å². The van der Waals surface area contributed by atoms with Crippen LogP contribution in [0.2, 0.25) is 0 Å². The summed E-state index contributed by atoms with van der Waals surface area (Å²) in [4.78, 5) is 18.7. The summed E-state index contributed by atoms with van der Waals surface area (Å²) >= 11 is 3.05. The lowest BCUT2D eigenvalue weighted by Gasteiger charge is -2.34. The molecule has 0 spiro atoms. The third-order valence-electron chi connectivity index (χ3n) is 4.49. The number of benzene rings is 1. The number of thioether (sulfide) groups is 1. The maximum atomic E-state index is 12.4. The molecule has 0 bridgehead atoms. The van der Waals surface area contributed by atoms with Crippen LogP contribution in [0.15, 0.2) is 28.6 Å². The predicted molar refractivity (Wildman–Crippen MR) is 100 cm³/mol. The molecule has 1 aromatic heterocycles. The van der Waals surface area contributed by atoms with Crippen LogP contribution in [-0.4, -0.2) is 65.7 Å². The number of amides is 1. The zero-order chi connectivity index (χ0) is 17.4. The van der Waals surface area contributed by atoms with Gasteiger partial charge in [-0.25, -0.2) is 13.4 Å². The van der Waals surface area contributed by atoms with Gasteiger partial charge in [0.1, 0.15) is 0 Å². The van der Waals surface area contributed by atoms with Crippen LogP contribution >= 0.6 is 23.1 Å². The molecule has 2 heterocycles. The van der Waals surface area contributed by atoms with Crippen molar-refractivity contribution >= 4 is 49.2 Å². The van der Waals surface area contributed by atoms with Crippen molar-refractivity contribution in [2.24, 2.45) is 0 Å². The molecule has 9 heteroatoms. The summed E-state index contributed by atoms with van der Waals surface area (Å²) in [6, 6.07) is 7.93. The molecular weight excluding hydrogens is 378 g/mol. The summed E-state index contributed by atoms with van der Waals surface area (Å²) in [6.07, 6.45) is 1.56. The minimum atomic E-state index is -3.13. The van der Waals surface area contributed by atoms with Gasteiger partial charge in [-0.15, -0.1) is 11.3 Å². The van der Waals surface area contributed by atoms with Gasteiger partial charge in [0.15, 0.2) is 4.34 Å². The Morgan fingerprint density at radius 2 is 1.92 bits per heavy atom. The fourth-order valence-corrected chi connectivity index (χ4v) is 6.69. The molecule has 1 aromatic carbocycles. The lowest BCUT2D eigenvalue weighted by molar-refractivity contribution is -0.129. The van der Waals surface area contributed by atoms with Crippen molar-refractivity contribution in [3.05, 3.63) is 24.3 Å². The standard InChI is InChI=1S/C16H19N3O3S3/c20-15(11-23-16-17-13-3-1-2-4-14(13)24-16)18-7-9-19(10-8-18)25(21,22)12-5-6-12/h1-4,12H,5-11H2. The van der Waals surface area contributed by atoms with Crippen molar-refractivity contribution in [2.45, 2.75) is 22.4 Å². The average molecular weight is 398 g/mol. The van der Waals surface area contributed by atoms with Crippen molar-refractivity contribution in [3.8, 4) is 0 Å². The molecule has 6 nitrogen and oxygen atoms in total. The minimum Gasteiger partial charge on any atom is -0.339 e. The Kier molecular flexibility index (Phi) is 4.74. The van der Waals surface area contributed by atoms with Gasteiger partial charge in [0.05, 0.1) is 21.2 Å². The number of sulfonamides is 1. The molecule has 0 radical (unpaired) electrons. The van der Waals surface area contributed by atoms with E-state index < -0.39 is 10.0 Å². The molecule has 1 aliphatic carbocycles. The molecule has 1 aliphatic heterocycles. The van der Waals surface area contributed by atoms with Crippen molar-refractivity contribution < 1.29 is 13.2 Å². The number of fused-ring (bicyclic) bond motifs is 1. The van der Waals surface area contributed by atoms with Crippen molar-refractivity contribution in [3.63, 3.8) is 0 Å². The van der Waals surface area contributed by atoms with E-state index in [1.165, 1.54) is 11.8 Å². The highest BCUT2D eigenvalue weighted by Crippen LogP contribution is 2.32. The summed E-state index contributed by atoms with van der Waals surface area (Å²) in [6.45, 7) is 1.78. The van der Waals surface area contributed by atoms with Gasteiger partial charge in [-0.1, -0.05) is 23.9 Å². The van der Waals surface area contributed by atoms with E-state index in [0.717, 1.165) is 27.4 Å². The second-order valence-corrected chi connectivity index (χ2v) is 10.7. The monoisotopic (exact) mass is 397 g/mol. The van der Waals surface area contributed by atoms with Gasteiger partial charge < -0.3 is 4.90 Å². The van der Waals surface area contributed by atoms with Crippen LogP contribution in [0.25, 0.3) is 10.2 Å². The van der Waals surface area contributed by atoms with E-state index >= 15 is 0 Å². The number of aromatic nitrogens is 1. The Hall–Kier alpha value is -1.16. The second-order valence-electron chi connectivity index (χ2n) is 6.26. The molecule has 0 atom stereocenters. The Labute approximate surface area is 155 Å². The first-order valence-corrected chi connectivity index (χ1v) is 11.6. The number of carbonyl (C=O) groups is 1. The normalized spacial score (nSPS) is 19.4. The fourth-order valence-electron chi connectivity index (χ4n) is 2.90. The average Bonchev–Trinajstić information content (AvgIpc) is 3.40. The summed E-state index contributed by atoms with van der Waals surface area (Å²) in [7, 11) is -3.13. The largest absolute Gasteiger partial charge is 0.339 e. The molecule has 2 aromatic rings. The van der Waals surface area contributed by atoms with Crippen molar-refractivity contribution in [1.29, 1.82) is 0 Å². The van der Waals surface area contributed by atoms with E-state index in [1.54, 1.807) is 20.5 Å². The number of nitrogens with zero attached hydrogens (tertiary/aromatic N) is 3. The van der Waals surface area contributed by atoms with Crippen LogP contribution in [0.1, 0.15) is 12.8 Å². The van der Waals surface area contributed by atoms with E-state index in [1.807, 2.05) is 24.3 Å². The van der Waals surface area contributed by atoms with E-state index in [4.69, 9.17) is 0 Å². The lowest BCUT2D eigenvalue weighted by atomic mass is 10.3. The highest BCUT2D eigenvalue weighted by atomic mass is 32.2. The fraction of sp³-hybridized carbons (Fsp3) is 0.500. The number of rotatable bonds is 5. The molecule has 1 saturated heterocycles.